The smallest absolute Gasteiger partial charge is 0.293 e. The van der Waals surface area contributed by atoms with Crippen molar-refractivity contribution < 1.29 is 14.0 Å². The number of aryl methyl sites for hydroxylation is 1. The van der Waals surface area contributed by atoms with Crippen LogP contribution < -0.4 is 10.2 Å². The first-order valence-corrected chi connectivity index (χ1v) is 11.4. The van der Waals surface area contributed by atoms with Gasteiger partial charge in [-0.2, -0.15) is 0 Å². The van der Waals surface area contributed by atoms with E-state index in [1.807, 2.05) is 12.1 Å². The van der Waals surface area contributed by atoms with E-state index >= 15 is 0 Å². The Balaban J connectivity index is 1.23. The summed E-state index contributed by atoms with van der Waals surface area (Å²) in [6, 6.07) is 9.43. The molecule has 1 aromatic carbocycles. The molecule has 1 aliphatic heterocycles. The van der Waals surface area contributed by atoms with Gasteiger partial charge in [0, 0.05) is 17.9 Å². The van der Waals surface area contributed by atoms with Gasteiger partial charge in [-0.3, -0.25) is 9.59 Å². The SMILES string of the molecule is O=C(c1ccco1)N1CCCc2cc(NC(=O)C34CC5CC(CC(C5)C3)C4)ccc21. The normalized spacial score (nSPS) is 31.5. The second-order valence-electron chi connectivity index (χ2n) is 10.0. The third-order valence-electron chi connectivity index (χ3n) is 7.95. The Morgan fingerprint density at radius 3 is 2.43 bits per heavy atom. The van der Waals surface area contributed by atoms with Gasteiger partial charge in [0.25, 0.3) is 5.91 Å². The molecule has 5 heteroatoms. The summed E-state index contributed by atoms with van der Waals surface area (Å²) in [7, 11) is 0. The predicted octanol–water partition coefficient (Wildman–Crippen LogP) is 5.03. The van der Waals surface area contributed by atoms with E-state index in [4.69, 9.17) is 4.42 Å². The molecule has 4 bridgehead atoms. The number of hydrogen-bond donors (Lipinski definition) is 1. The number of rotatable bonds is 3. The highest BCUT2D eigenvalue weighted by atomic mass is 16.3. The van der Waals surface area contributed by atoms with Gasteiger partial charge >= 0.3 is 0 Å². The molecule has 5 nitrogen and oxygen atoms in total. The van der Waals surface area contributed by atoms with Crippen molar-refractivity contribution in [1.82, 2.24) is 0 Å². The average molecular weight is 405 g/mol. The van der Waals surface area contributed by atoms with Crippen molar-refractivity contribution in [1.29, 1.82) is 0 Å². The van der Waals surface area contributed by atoms with Crippen LogP contribution in [0.4, 0.5) is 11.4 Å². The number of fused-ring (bicyclic) bond motifs is 1. The van der Waals surface area contributed by atoms with Crippen LogP contribution in [0.25, 0.3) is 0 Å². The highest BCUT2D eigenvalue weighted by molar-refractivity contribution is 6.05. The molecular weight excluding hydrogens is 376 g/mol. The number of carbonyl (C=O) groups is 2. The first-order valence-electron chi connectivity index (χ1n) is 11.4. The van der Waals surface area contributed by atoms with Crippen LogP contribution in [0, 0.1) is 23.2 Å². The number of hydrogen-bond acceptors (Lipinski definition) is 3. The molecule has 2 amide bonds. The summed E-state index contributed by atoms with van der Waals surface area (Å²) in [5.74, 6) is 2.75. The van der Waals surface area contributed by atoms with Gasteiger partial charge in [-0.15, -0.1) is 0 Å². The van der Waals surface area contributed by atoms with Crippen LogP contribution in [0.2, 0.25) is 0 Å². The topological polar surface area (TPSA) is 62.6 Å². The maximum Gasteiger partial charge on any atom is 0.293 e. The predicted molar refractivity (Wildman–Crippen MR) is 114 cm³/mol. The average Bonchev–Trinajstić information content (AvgIpc) is 3.26. The van der Waals surface area contributed by atoms with Crippen LogP contribution in [0.1, 0.15) is 61.1 Å². The molecule has 4 aliphatic carbocycles. The van der Waals surface area contributed by atoms with Gasteiger partial charge in [0.2, 0.25) is 5.91 Å². The number of nitrogens with zero attached hydrogens (tertiary/aromatic N) is 1. The maximum absolute atomic E-state index is 13.4. The van der Waals surface area contributed by atoms with Gasteiger partial charge in [-0.1, -0.05) is 0 Å². The van der Waals surface area contributed by atoms with E-state index in [0.29, 0.717) is 12.3 Å². The van der Waals surface area contributed by atoms with Gasteiger partial charge in [-0.25, -0.2) is 0 Å². The second-order valence-corrected chi connectivity index (χ2v) is 10.0. The summed E-state index contributed by atoms with van der Waals surface area (Å²) in [4.78, 5) is 28.0. The second kappa shape index (κ2) is 6.73. The molecule has 0 saturated heterocycles. The van der Waals surface area contributed by atoms with E-state index in [1.54, 1.807) is 17.0 Å². The molecule has 0 atom stereocenters. The lowest BCUT2D eigenvalue weighted by molar-refractivity contribution is -0.140. The molecule has 1 aromatic heterocycles. The molecular formula is C25H28N2O3. The lowest BCUT2D eigenvalue weighted by atomic mass is 9.49. The minimum absolute atomic E-state index is 0.105. The number of furan rings is 1. The van der Waals surface area contributed by atoms with E-state index in [0.717, 1.165) is 66.8 Å². The molecule has 30 heavy (non-hydrogen) atoms. The number of carbonyl (C=O) groups excluding carboxylic acids is 2. The lowest BCUT2D eigenvalue weighted by Crippen LogP contribution is -2.51. The molecule has 4 fully saturated rings. The van der Waals surface area contributed by atoms with Gasteiger partial charge in [0.1, 0.15) is 0 Å². The fourth-order valence-electron chi connectivity index (χ4n) is 7.07. The molecule has 0 unspecified atom stereocenters. The van der Waals surface area contributed by atoms with Crippen LogP contribution in [-0.2, 0) is 11.2 Å². The lowest BCUT2D eigenvalue weighted by Gasteiger charge is -2.55. The van der Waals surface area contributed by atoms with E-state index in [2.05, 4.69) is 11.4 Å². The first-order chi connectivity index (χ1) is 14.6. The Morgan fingerprint density at radius 1 is 1.03 bits per heavy atom. The number of nitrogens with one attached hydrogen (secondary N) is 1. The quantitative estimate of drug-likeness (QED) is 0.781. The number of amides is 2. The summed E-state index contributed by atoms with van der Waals surface area (Å²) >= 11 is 0. The first kappa shape index (κ1) is 18.2. The Morgan fingerprint density at radius 2 is 1.77 bits per heavy atom. The summed E-state index contributed by atoms with van der Waals surface area (Å²) in [6.07, 6.45) is 10.6. The van der Waals surface area contributed by atoms with Crippen molar-refractivity contribution in [2.45, 2.75) is 51.4 Å². The monoisotopic (exact) mass is 404 g/mol. The van der Waals surface area contributed by atoms with Crippen molar-refractivity contribution in [3.8, 4) is 0 Å². The molecule has 0 radical (unpaired) electrons. The van der Waals surface area contributed by atoms with Crippen molar-refractivity contribution in [3.63, 3.8) is 0 Å². The molecule has 5 aliphatic rings. The summed E-state index contributed by atoms with van der Waals surface area (Å²) in [5.41, 5.74) is 2.76. The third kappa shape index (κ3) is 2.90. The van der Waals surface area contributed by atoms with Crippen LogP contribution in [0.5, 0.6) is 0 Å². The highest BCUT2D eigenvalue weighted by Crippen LogP contribution is 2.60. The number of anilines is 2. The number of benzene rings is 1. The molecule has 7 rings (SSSR count). The minimum Gasteiger partial charge on any atom is -0.459 e. The van der Waals surface area contributed by atoms with Gasteiger partial charge < -0.3 is 14.6 Å². The zero-order valence-electron chi connectivity index (χ0n) is 17.2. The molecule has 156 valence electrons. The largest absolute Gasteiger partial charge is 0.459 e. The van der Waals surface area contributed by atoms with E-state index in [1.165, 1.54) is 25.5 Å². The Kier molecular flexibility index (Phi) is 4.09. The molecule has 2 aromatic rings. The van der Waals surface area contributed by atoms with Crippen molar-refractivity contribution >= 4 is 23.2 Å². The van der Waals surface area contributed by atoms with Crippen LogP contribution in [0.3, 0.4) is 0 Å². The zero-order valence-corrected chi connectivity index (χ0v) is 17.2. The van der Waals surface area contributed by atoms with Gasteiger partial charge in [-0.05, 0) is 105 Å². The third-order valence-corrected chi connectivity index (χ3v) is 7.95. The molecule has 2 heterocycles. The highest BCUT2D eigenvalue weighted by Gasteiger charge is 2.54. The van der Waals surface area contributed by atoms with E-state index < -0.39 is 0 Å². The van der Waals surface area contributed by atoms with E-state index in [-0.39, 0.29) is 17.2 Å². The fraction of sp³-hybridized carbons (Fsp3) is 0.520. The summed E-state index contributed by atoms with van der Waals surface area (Å²) in [6.45, 7) is 0.686. The molecule has 4 saturated carbocycles. The van der Waals surface area contributed by atoms with Crippen molar-refractivity contribution in [2.24, 2.45) is 23.2 Å². The summed E-state index contributed by atoms with van der Waals surface area (Å²) in [5, 5.41) is 3.26. The van der Waals surface area contributed by atoms with Crippen molar-refractivity contribution in [3.05, 3.63) is 47.9 Å². The van der Waals surface area contributed by atoms with Crippen molar-refractivity contribution in [2.75, 3.05) is 16.8 Å². The Hall–Kier alpha value is -2.56. The Labute approximate surface area is 176 Å². The summed E-state index contributed by atoms with van der Waals surface area (Å²) < 4.78 is 5.31. The Bertz CT molecular complexity index is 959. The fourth-order valence-corrected chi connectivity index (χ4v) is 7.07. The molecule has 1 N–H and O–H groups in total. The standard InChI is InChI=1S/C25H28N2O3/c28-23(22-4-2-8-30-22)27-7-1-3-19-12-20(5-6-21(19)27)26-24(29)25-13-16-9-17(14-25)11-18(10-16)15-25/h2,4-6,8,12,16-18H,1,3,7,9-11,13-15H2,(H,26,29). The van der Waals surface area contributed by atoms with Gasteiger partial charge in [0.05, 0.1) is 11.7 Å². The molecule has 0 spiro atoms. The van der Waals surface area contributed by atoms with E-state index in [9.17, 15) is 9.59 Å². The van der Waals surface area contributed by atoms with Crippen LogP contribution in [-0.4, -0.2) is 18.4 Å². The zero-order chi connectivity index (χ0) is 20.3. The van der Waals surface area contributed by atoms with Crippen LogP contribution in [0.15, 0.2) is 41.0 Å². The van der Waals surface area contributed by atoms with Crippen LogP contribution >= 0.6 is 0 Å². The minimum atomic E-state index is -0.147. The van der Waals surface area contributed by atoms with Gasteiger partial charge in [0.15, 0.2) is 5.76 Å². The maximum atomic E-state index is 13.4.